The minimum absolute atomic E-state index is 0.0135. The number of rotatable bonds is 4. The van der Waals surface area contributed by atoms with Crippen molar-refractivity contribution in [3.05, 3.63) is 44.7 Å². The molecule has 0 fully saturated rings. The Kier molecular flexibility index (Phi) is 4.58. The van der Waals surface area contributed by atoms with Gasteiger partial charge in [0.05, 0.1) is 16.4 Å². The molecule has 0 aliphatic heterocycles. The number of benzene rings is 1. The molecule has 2 aromatic rings. The van der Waals surface area contributed by atoms with Crippen LogP contribution < -0.4 is 0 Å². The molecular weight excluding hydrogens is 323 g/mol. The Bertz CT molecular complexity index is 668. The van der Waals surface area contributed by atoms with E-state index >= 15 is 0 Å². The maximum atomic E-state index is 11.3. The van der Waals surface area contributed by atoms with Crippen molar-refractivity contribution in [2.45, 2.75) is 19.8 Å². The molecular formula is C13H11Cl3N2O2. The molecule has 2 rings (SSSR count). The summed E-state index contributed by atoms with van der Waals surface area (Å²) in [6.45, 7) is 1.94. The van der Waals surface area contributed by atoms with E-state index in [1.165, 1.54) is 4.68 Å². The largest absolute Gasteiger partial charge is 0.478 e. The summed E-state index contributed by atoms with van der Waals surface area (Å²) in [4.78, 5) is 11.3. The van der Waals surface area contributed by atoms with Crippen molar-refractivity contribution in [1.82, 2.24) is 9.78 Å². The molecule has 0 unspecified atom stereocenters. The van der Waals surface area contributed by atoms with Gasteiger partial charge in [-0.3, -0.25) is 0 Å². The summed E-state index contributed by atoms with van der Waals surface area (Å²) in [6, 6.07) is 4.84. The first-order valence-electron chi connectivity index (χ1n) is 5.91. The van der Waals surface area contributed by atoms with Gasteiger partial charge in [-0.15, -0.1) is 0 Å². The molecule has 106 valence electrons. The molecule has 0 saturated carbocycles. The third-order valence-electron chi connectivity index (χ3n) is 2.74. The van der Waals surface area contributed by atoms with Crippen LogP contribution in [0, 0.1) is 0 Å². The molecule has 1 aromatic carbocycles. The highest BCUT2D eigenvalue weighted by molar-refractivity contribution is 6.36. The van der Waals surface area contributed by atoms with Crippen LogP contribution in [-0.2, 0) is 6.42 Å². The van der Waals surface area contributed by atoms with Crippen molar-refractivity contribution < 1.29 is 9.90 Å². The predicted octanol–water partition coefficient (Wildman–Crippen LogP) is 4.48. The summed E-state index contributed by atoms with van der Waals surface area (Å²) in [5, 5.41) is 14.4. The first kappa shape index (κ1) is 15.2. The maximum Gasteiger partial charge on any atom is 0.340 e. The molecule has 0 radical (unpaired) electrons. The predicted molar refractivity (Wildman–Crippen MR) is 79.5 cm³/mol. The molecule has 20 heavy (non-hydrogen) atoms. The summed E-state index contributed by atoms with van der Waals surface area (Å²) < 4.78 is 1.33. The van der Waals surface area contributed by atoms with Gasteiger partial charge in [0.1, 0.15) is 10.7 Å². The lowest BCUT2D eigenvalue weighted by atomic mass is 10.2. The third-order valence-corrected chi connectivity index (χ3v) is 3.63. The fourth-order valence-electron chi connectivity index (χ4n) is 1.88. The van der Waals surface area contributed by atoms with E-state index in [0.29, 0.717) is 27.8 Å². The minimum atomic E-state index is -1.10. The van der Waals surface area contributed by atoms with Crippen LogP contribution in [0.5, 0.6) is 0 Å². The number of halogens is 3. The zero-order chi connectivity index (χ0) is 14.9. The summed E-state index contributed by atoms with van der Waals surface area (Å²) in [5.41, 5.74) is 0.946. The zero-order valence-corrected chi connectivity index (χ0v) is 12.8. The van der Waals surface area contributed by atoms with E-state index in [9.17, 15) is 9.90 Å². The Morgan fingerprint density at radius 2 is 2.05 bits per heavy atom. The number of aromatic nitrogens is 2. The van der Waals surface area contributed by atoms with E-state index in [1.54, 1.807) is 18.2 Å². The third kappa shape index (κ3) is 2.77. The molecule has 0 aliphatic rings. The van der Waals surface area contributed by atoms with Crippen molar-refractivity contribution in [1.29, 1.82) is 0 Å². The number of aromatic carboxylic acids is 1. The highest BCUT2D eigenvalue weighted by atomic mass is 35.5. The number of carboxylic acid groups (broad SMARTS) is 1. The van der Waals surface area contributed by atoms with Gasteiger partial charge in [-0.25, -0.2) is 9.48 Å². The monoisotopic (exact) mass is 332 g/mol. The number of carbonyl (C=O) groups is 1. The molecule has 0 saturated heterocycles. The van der Waals surface area contributed by atoms with Crippen LogP contribution >= 0.6 is 34.8 Å². The van der Waals surface area contributed by atoms with Crippen molar-refractivity contribution in [2.24, 2.45) is 0 Å². The fraction of sp³-hybridized carbons (Fsp3) is 0.231. The van der Waals surface area contributed by atoms with Gasteiger partial charge >= 0.3 is 5.97 Å². The molecule has 0 atom stereocenters. The Balaban J connectivity index is 2.63. The molecule has 1 heterocycles. The first-order valence-corrected chi connectivity index (χ1v) is 7.05. The highest BCUT2D eigenvalue weighted by Gasteiger charge is 2.23. The van der Waals surface area contributed by atoms with Crippen molar-refractivity contribution >= 4 is 40.8 Å². The van der Waals surface area contributed by atoms with Gasteiger partial charge in [-0.1, -0.05) is 48.1 Å². The average molecular weight is 334 g/mol. The zero-order valence-electron chi connectivity index (χ0n) is 10.5. The second kappa shape index (κ2) is 6.04. The topological polar surface area (TPSA) is 55.1 Å². The van der Waals surface area contributed by atoms with Gasteiger partial charge in [0.25, 0.3) is 0 Å². The first-order chi connectivity index (χ1) is 9.45. The molecule has 0 bridgehead atoms. The maximum absolute atomic E-state index is 11.3. The van der Waals surface area contributed by atoms with Crippen LogP contribution in [0.15, 0.2) is 18.2 Å². The van der Waals surface area contributed by atoms with E-state index < -0.39 is 5.97 Å². The molecule has 0 aliphatic carbocycles. The second-order valence-electron chi connectivity index (χ2n) is 4.18. The molecule has 4 nitrogen and oxygen atoms in total. The molecule has 7 heteroatoms. The second-order valence-corrected chi connectivity index (χ2v) is 5.38. The average Bonchev–Trinajstić information content (AvgIpc) is 2.67. The fourth-order valence-corrected chi connectivity index (χ4v) is 2.68. The van der Waals surface area contributed by atoms with E-state index in [1.807, 2.05) is 6.92 Å². The summed E-state index contributed by atoms with van der Waals surface area (Å²) in [6.07, 6.45) is 1.29. The lowest BCUT2D eigenvalue weighted by Gasteiger charge is -2.06. The van der Waals surface area contributed by atoms with Gasteiger partial charge in [0, 0.05) is 5.02 Å². The standard InChI is InChI=1S/C13H11Cl3N2O2/c1-2-3-9-11(13(19)20)12(16)18(17-9)10-5-4-7(14)6-8(10)15/h4-6H,2-3H2,1H3,(H,19,20). The van der Waals surface area contributed by atoms with Crippen molar-refractivity contribution in [3.63, 3.8) is 0 Å². The smallest absolute Gasteiger partial charge is 0.340 e. The normalized spacial score (nSPS) is 10.8. The summed E-state index contributed by atoms with van der Waals surface area (Å²) in [5.74, 6) is -1.10. The molecule has 1 aromatic heterocycles. The van der Waals surface area contributed by atoms with Crippen LogP contribution in [0.3, 0.4) is 0 Å². The van der Waals surface area contributed by atoms with Gasteiger partial charge < -0.3 is 5.11 Å². The van der Waals surface area contributed by atoms with Crippen molar-refractivity contribution in [2.75, 3.05) is 0 Å². The number of hydrogen-bond acceptors (Lipinski definition) is 2. The van der Waals surface area contributed by atoms with Gasteiger partial charge in [0.2, 0.25) is 0 Å². The van der Waals surface area contributed by atoms with Crippen LogP contribution in [-0.4, -0.2) is 20.9 Å². The van der Waals surface area contributed by atoms with Crippen LogP contribution in [0.25, 0.3) is 5.69 Å². The van der Waals surface area contributed by atoms with Gasteiger partial charge in [0.15, 0.2) is 0 Å². The van der Waals surface area contributed by atoms with Gasteiger partial charge in [-0.05, 0) is 24.6 Å². The number of nitrogens with zero attached hydrogens (tertiary/aromatic N) is 2. The highest BCUT2D eigenvalue weighted by Crippen LogP contribution is 2.30. The number of carboxylic acids is 1. The number of aryl methyl sites for hydroxylation is 1. The van der Waals surface area contributed by atoms with E-state index in [4.69, 9.17) is 34.8 Å². The van der Waals surface area contributed by atoms with Crippen LogP contribution in [0.2, 0.25) is 15.2 Å². The van der Waals surface area contributed by atoms with Crippen LogP contribution in [0.1, 0.15) is 29.4 Å². The summed E-state index contributed by atoms with van der Waals surface area (Å²) in [7, 11) is 0. The number of hydrogen-bond donors (Lipinski definition) is 1. The Hall–Kier alpha value is -1.23. The van der Waals surface area contributed by atoms with Crippen LogP contribution in [0.4, 0.5) is 0 Å². The molecule has 0 amide bonds. The van der Waals surface area contributed by atoms with Gasteiger partial charge in [-0.2, -0.15) is 5.10 Å². The van der Waals surface area contributed by atoms with E-state index in [-0.39, 0.29) is 10.7 Å². The Labute approximate surface area is 130 Å². The molecule has 0 spiro atoms. The molecule has 1 N–H and O–H groups in total. The Morgan fingerprint density at radius 1 is 1.35 bits per heavy atom. The summed E-state index contributed by atoms with van der Waals surface area (Å²) >= 11 is 18.1. The Morgan fingerprint density at radius 3 is 2.60 bits per heavy atom. The SMILES string of the molecule is CCCc1nn(-c2ccc(Cl)cc2Cl)c(Cl)c1C(=O)O. The minimum Gasteiger partial charge on any atom is -0.478 e. The lowest BCUT2D eigenvalue weighted by Crippen LogP contribution is -2.00. The lowest BCUT2D eigenvalue weighted by molar-refractivity contribution is 0.0696. The van der Waals surface area contributed by atoms with E-state index in [0.717, 1.165) is 6.42 Å². The quantitative estimate of drug-likeness (QED) is 0.897. The van der Waals surface area contributed by atoms with Crippen molar-refractivity contribution in [3.8, 4) is 5.69 Å². The van der Waals surface area contributed by atoms with E-state index in [2.05, 4.69) is 5.10 Å².